The van der Waals surface area contributed by atoms with E-state index in [4.69, 9.17) is 26.2 Å². The molecule has 0 bridgehead atoms. The van der Waals surface area contributed by atoms with Crippen LogP contribution >= 0.6 is 15.9 Å². The fourth-order valence-corrected chi connectivity index (χ4v) is 1.49. The SMILES string of the molecule is COc1cc(O/C(NN)=C(/N)C(=O)O)ccc1Br. The van der Waals surface area contributed by atoms with Gasteiger partial charge in [-0.15, -0.1) is 0 Å². The number of rotatable bonds is 5. The number of carboxylic acids is 1. The maximum Gasteiger partial charge on any atom is 0.357 e. The Balaban J connectivity index is 3.03. The predicted molar refractivity (Wildman–Crippen MR) is 67.5 cm³/mol. The van der Waals surface area contributed by atoms with E-state index in [-0.39, 0.29) is 5.88 Å². The largest absolute Gasteiger partial charge is 0.495 e. The highest BCUT2D eigenvalue weighted by Crippen LogP contribution is 2.29. The van der Waals surface area contributed by atoms with Gasteiger partial charge in [0.2, 0.25) is 5.88 Å². The highest BCUT2D eigenvalue weighted by atomic mass is 79.9. The van der Waals surface area contributed by atoms with Crippen molar-refractivity contribution in [3.63, 3.8) is 0 Å². The number of nitrogens with two attached hydrogens (primary N) is 2. The first-order chi connectivity index (χ1) is 8.49. The van der Waals surface area contributed by atoms with Crippen LogP contribution in [0, 0.1) is 0 Å². The molecule has 6 N–H and O–H groups in total. The Morgan fingerprint density at radius 1 is 1.50 bits per heavy atom. The number of hydrogen-bond acceptors (Lipinski definition) is 6. The van der Waals surface area contributed by atoms with Crippen LogP contribution in [-0.4, -0.2) is 18.2 Å². The summed E-state index contributed by atoms with van der Waals surface area (Å²) in [4.78, 5) is 10.7. The third-order valence-corrected chi connectivity index (χ3v) is 2.60. The van der Waals surface area contributed by atoms with Crippen LogP contribution in [0.15, 0.2) is 34.3 Å². The maximum atomic E-state index is 10.7. The predicted octanol–water partition coefficient (Wildman–Crippen LogP) is 0.512. The molecule has 0 radical (unpaired) electrons. The molecule has 0 aliphatic heterocycles. The van der Waals surface area contributed by atoms with Gasteiger partial charge in [0.1, 0.15) is 11.5 Å². The Morgan fingerprint density at radius 3 is 2.67 bits per heavy atom. The lowest BCUT2D eigenvalue weighted by Gasteiger charge is -2.12. The van der Waals surface area contributed by atoms with E-state index >= 15 is 0 Å². The zero-order valence-corrected chi connectivity index (χ0v) is 11.0. The number of aliphatic carboxylic acids is 1. The van der Waals surface area contributed by atoms with Crippen LogP contribution in [0.5, 0.6) is 11.5 Å². The van der Waals surface area contributed by atoms with E-state index in [1.807, 2.05) is 0 Å². The summed E-state index contributed by atoms with van der Waals surface area (Å²) in [7, 11) is 1.49. The molecule has 0 aliphatic carbocycles. The average molecular weight is 318 g/mol. The van der Waals surface area contributed by atoms with E-state index in [1.54, 1.807) is 18.2 Å². The van der Waals surface area contributed by atoms with Gasteiger partial charge < -0.3 is 20.3 Å². The van der Waals surface area contributed by atoms with Crippen molar-refractivity contribution in [2.75, 3.05) is 7.11 Å². The summed E-state index contributed by atoms with van der Waals surface area (Å²) in [6.07, 6.45) is 0. The molecular formula is C10H12BrN3O4. The van der Waals surface area contributed by atoms with Crippen LogP contribution in [0.25, 0.3) is 0 Å². The molecule has 7 nitrogen and oxygen atoms in total. The average Bonchev–Trinajstić information content (AvgIpc) is 2.36. The lowest BCUT2D eigenvalue weighted by molar-refractivity contribution is -0.132. The molecule has 0 saturated carbocycles. The van der Waals surface area contributed by atoms with Gasteiger partial charge in [-0.1, -0.05) is 0 Å². The number of benzene rings is 1. The van der Waals surface area contributed by atoms with Gasteiger partial charge in [-0.25, -0.2) is 10.6 Å². The quantitative estimate of drug-likeness (QED) is 0.270. The van der Waals surface area contributed by atoms with Crippen molar-refractivity contribution >= 4 is 21.9 Å². The minimum atomic E-state index is -1.34. The summed E-state index contributed by atoms with van der Waals surface area (Å²) < 4.78 is 11.0. The molecule has 0 heterocycles. The van der Waals surface area contributed by atoms with Crippen LogP contribution in [0.3, 0.4) is 0 Å². The van der Waals surface area contributed by atoms with Crippen molar-refractivity contribution in [3.8, 4) is 11.5 Å². The Labute approximate surface area is 111 Å². The molecule has 0 fully saturated rings. The van der Waals surface area contributed by atoms with Crippen LogP contribution in [0.4, 0.5) is 0 Å². The molecule has 0 aromatic heterocycles. The minimum absolute atomic E-state index is 0.258. The van der Waals surface area contributed by atoms with Gasteiger partial charge in [0, 0.05) is 6.07 Å². The second-order valence-electron chi connectivity index (χ2n) is 3.09. The Morgan fingerprint density at radius 2 is 2.17 bits per heavy atom. The van der Waals surface area contributed by atoms with Crippen LogP contribution in [0.1, 0.15) is 0 Å². The van der Waals surface area contributed by atoms with Crippen molar-refractivity contribution in [2.24, 2.45) is 11.6 Å². The molecular weight excluding hydrogens is 306 g/mol. The first-order valence-electron chi connectivity index (χ1n) is 4.70. The number of carbonyl (C=O) groups is 1. The number of nitrogens with one attached hydrogen (secondary N) is 1. The molecule has 0 unspecified atom stereocenters. The highest BCUT2D eigenvalue weighted by molar-refractivity contribution is 9.10. The molecule has 1 rings (SSSR count). The molecule has 0 amide bonds. The molecule has 8 heteroatoms. The van der Waals surface area contributed by atoms with Crippen LogP contribution in [-0.2, 0) is 4.79 Å². The summed E-state index contributed by atoms with van der Waals surface area (Å²) in [5.74, 6) is 4.40. The minimum Gasteiger partial charge on any atom is -0.495 e. The fourth-order valence-electron chi connectivity index (χ4n) is 1.08. The van der Waals surface area contributed by atoms with Crippen LogP contribution < -0.4 is 26.5 Å². The topological polar surface area (TPSA) is 120 Å². The fraction of sp³-hybridized carbons (Fsp3) is 0.100. The Kier molecular flexibility index (Phi) is 4.81. The third-order valence-electron chi connectivity index (χ3n) is 1.95. The van der Waals surface area contributed by atoms with Gasteiger partial charge in [0.25, 0.3) is 0 Å². The molecule has 1 aromatic rings. The van der Waals surface area contributed by atoms with E-state index in [1.165, 1.54) is 7.11 Å². The highest BCUT2D eigenvalue weighted by Gasteiger charge is 2.13. The van der Waals surface area contributed by atoms with Crippen LogP contribution in [0.2, 0.25) is 0 Å². The monoisotopic (exact) mass is 317 g/mol. The molecule has 98 valence electrons. The van der Waals surface area contributed by atoms with E-state index in [0.29, 0.717) is 11.5 Å². The van der Waals surface area contributed by atoms with E-state index in [9.17, 15) is 4.79 Å². The number of carboxylic acid groups (broad SMARTS) is 1. The molecule has 18 heavy (non-hydrogen) atoms. The second kappa shape index (κ2) is 6.12. The summed E-state index contributed by atoms with van der Waals surface area (Å²) >= 11 is 3.27. The van der Waals surface area contributed by atoms with Gasteiger partial charge in [0.15, 0.2) is 5.70 Å². The molecule has 1 aromatic carbocycles. The van der Waals surface area contributed by atoms with Crippen molar-refractivity contribution in [1.29, 1.82) is 0 Å². The number of methoxy groups -OCH3 is 1. The zero-order chi connectivity index (χ0) is 13.7. The van der Waals surface area contributed by atoms with E-state index < -0.39 is 11.7 Å². The van der Waals surface area contributed by atoms with Gasteiger partial charge in [-0.05, 0) is 28.1 Å². The molecule has 0 spiro atoms. The first-order valence-corrected chi connectivity index (χ1v) is 5.50. The number of hydrazine groups is 1. The second-order valence-corrected chi connectivity index (χ2v) is 3.95. The van der Waals surface area contributed by atoms with Gasteiger partial charge >= 0.3 is 5.97 Å². The zero-order valence-electron chi connectivity index (χ0n) is 9.44. The Bertz CT molecular complexity index is 490. The van der Waals surface area contributed by atoms with Crippen molar-refractivity contribution in [2.45, 2.75) is 0 Å². The van der Waals surface area contributed by atoms with Gasteiger partial charge in [-0.2, -0.15) is 0 Å². The van der Waals surface area contributed by atoms with E-state index in [0.717, 1.165) is 4.47 Å². The lowest BCUT2D eigenvalue weighted by atomic mass is 10.3. The lowest BCUT2D eigenvalue weighted by Crippen LogP contribution is -2.31. The third kappa shape index (κ3) is 3.28. The Hall–Kier alpha value is -1.93. The molecule has 0 aliphatic rings. The smallest absolute Gasteiger partial charge is 0.357 e. The molecule has 0 atom stereocenters. The summed E-state index contributed by atoms with van der Waals surface area (Å²) in [6.45, 7) is 0. The number of ether oxygens (including phenoxy) is 2. The maximum absolute atomic E-state index is 10.7. The van der Waals surface area contributed by atoms with Crippen molar-refractivity contribution < 1.29 is 19.4 Å². The summed E-state index contributed by atoms with van der Waals surface area (Å²) in [6, 6.07) is 4.83. The van der Waals surface area contributed by atoms with Gasteiger partial charge in [0.05, 0.1) is 11.6 Å². The van der Waals surface area contributed by atoms with Gasteiger partial charge in [-0.3, -0.25) is 5.43 Å². The number of hydrogen-bond donors (Lipinski definition) is 4. The van der Waals surface area contributed by atoms with Crippen molar-refractivity contribution in [3.05, 3.63) is 34.3 Å². The summed E-state index contributed by atoms with van der Waals surface area (Å²) in [5, 5.41) is 8.72. The molecule has 0 saturated heterocycles. The number of halogens is 1. The van der Waals surface area contributed by atoms with Crippen molar-refractivity contribution in [1.82, 2.24) is 5.43 Å². The summed E-state index contributed by atoms with van der Waals surface area (Å²) in [5.41, 5.74) is 6.85. The standard InChI is InChI=1S/C10H12BrN3O4/c1-17-7-4-5(2-3-6(7)11)18-9(14-13)8(12)10(15)16/h2-4,14H,12-13H2,1H3,(H,15,16)/b9-8+. The normalized spacial score (nSPS) is 11.5. The first kappa shape index (κ1) is 14.1. The van der Waals surface area contributed by atoms with E-state index in [2.05, 4.69) is 21.4 Å².